The van der Waals surface area contributed by atoms with Gasteiger partial charge in [0.15, 0.2) is 0 Å². The molecule has 0 spiro atoms. The van der Waals surface area contributed by atoms with E-state index in [1.807, 2.05) is 12.1 Å². The highest BCUT2D eigenvalue weighted by Gasteiger charge is 2.11. The lowest BCUT2D eigenvalue weighted by molar-refractivity contribution is 0.108. The number of likely N-dealkylation sites (tertiary alicyclic amines) is 1. The fourth-order valence-electron chi connectivity index (χ4n) is 1.94. The Labute approximate surface area is 94.8 Å². The minimum absolute atomic E-state index is 0.386. The van der Waals surface area contributed by atoms with Crippen molar-refractivity contribution in [2.45, 2.75) is 19.4 Å². The van der Waals surface area contributed by atoms with E-state index in [2.05, 4.69) is 4.90 Å². The summed E-state index contributed by atoms with van der Waals surface area (Å²) in [4.78, 5) is 13.3. The first kappa shape index (κ1) is 10.7. The molecule has 0 atom stereocenters. The van der Waals surface area contributed by atoms with Gasteiger partial charge in [-0.25, -0.2) is 0 Å². The molecule has 0 N–H and O–H groups in total. The monoisotopic (exact) mass is 223 g/mol. The van der Waals surface area contributed by atoms with Crippen LogP contribution in [0, 0.1) is 0 Å². The van der Waals surface area contributed by atoms with Gasteiger partial charge in [-0.05, 0) is 55.2 Å². The van der Waals surface area contributed by atoms with E-state index in [1.54, 1.807) is 12.1 Å². The van der Waals surface area contributed by atoms with Crippen molar-refractivity contribution < 1.29 is 4.79 Å². The predicted octanol–water partition coefficient (Wildman–Crippen LogP) is 2.66. The van der Waals surface area contributed by atoms with E-state index < -0.39 is 0 Å². The maximum Gasteiger partial charge on any atom is 0.252 e. The average molecular weight is 224 g/mol. The zero-order valence-electron chi connectivity index (χ0n) is 8.58. The van der Waals surface area contributed by atoms with Crippen LogP contribution in [0.4, 0.5) is 0 Å². The minimum Gasteiger partial charge on any atom is -0.299 e. The van der Waals surface area contributed by atoms with E-state index in [0.717, 1.165) is 6.54 Å². The molecule has 0 aliphatic carbocycles. The Bertz CT molecular complexity index is 341. The molecule has 1 aliphatic rings. The Balaban J connectivity index is 2.00. The van der Waals surface area contributed by atoms with E-state index in [-0.39, 0.29) is 5.24 Å². The van der Waals surface area contributed by atoms with Crippen LogP contribution in [0.3, 0.4) is 0 Å². The smallest absolute Gasteiger partial charge is 0.252 e. The second kappa shape index (κ2) is 4.77. The van der Waals surface area contributed by atoms with Crippen LogP contribution in [0.1, 0.15) is 28.8 Å². The first-order chi connectivity index (χ1) is 7.25. The first-order valence-corrected chi connectivity index (χ1v) is 5.64. The summed E-state index contributed by atoms with van der Waals surface area (Å²) in [5.74, 6) is 0. The van der Waals surface area contributed by atoms with Gasteiger partial charge in [0.2, 0.25) is 0 Å². The molecule has 1 aliphatic heterocycles. The molecule has 15 heavy (non-hydrogen) atoms. The molecule has 1 fully saturated rings. The zero-order valence-corrected chi connectivity index (χ0v) is 9.33. The van der Waals surface area contributed by atoms with Gasteiger partial charge in [-0.15, -0.1) is 0 Å². The highest BCUT2D eigenvalue weighted by atomic mass is 35.5. The van der Waals surface area contributed by atoms with Gasteiger partial charge < -0.3 is 0 Å². The predicted molar refractivity (Wildman–Crippen MR) is 61.1 cm³/mol. The normalized spacial score (nSPS) is 16.9. The molecule has 2 rings (SSSR count). The molecule has 0 radical (unpaired) electrons. The van der Waals surface area contributed by atoms with Crippen molar-refractivity contribution in [1.29, 1.82) is 0 Å². The summed E-state index contributed by atoms with van der Waals surface area (Å²) in [6, 6.07) is 7.54. The molecule has 1 aromatic rings. The Hall–Kier alpha value is -0.860. The summed E-state index contributed by atoms with van der Waals surface area (Å²) in [6.07, 6.45) is 2.61. The van der Waals surface area contributed by atoms with Gasteiger partial charge in [-0.3, -0.25) is 9.69 Å². The number of carbonyl (C=O) groups excluding carboxylic acids is 1. The Morgan fingerprint density at radius 3 is 2.33 bits per heavy atom. The SMILES string of the molecule is O=C(Cl)c1ccc(CN2CCCC2)cc1. The summed E-state index contributed by atoms with van der Waals surface area (Å²) in [7, 11) is 0. The second-order valence-electron chi connectivity index (χ2n) is 3.95. The summed E-state index contributed by atoms with van der Waals surface area (Å²) >= 11 is 5.38. The first-order valence-electron chi connectivity index (χ1n) is 5.27. The van der Waals surface area contributed by atoms with Crippen LogP contribution in [-0.2, 0) is 6.54 Å². The lowest BCUT2D eigenvalue weighted by Crippen LogP contribution is -2.18. The molecule has 2 nitrogen and oxygen atoms in total. The molecule has 0 saturated carbocycles. The molecule has 0 amide bonds. The third-order valence-corrected chi connectivity index (χ3v) is 3.00. The standard InChI is InChI=1S/C12H14ClNO/c13-12(15)11-5-3-10(4-6-11)9-14-7-1-2-8-14/h3-6H,1-2,7-9H2. The van der Waals surface area contributed by atoms with Crippen molar-refractivity contribution in [3.05, 3.63) is 35.4 Å². The van der Waals surface area contributed by atoms with Gasteiger partial charge in [0.05, 0.1) is 0 Å². The fraction of sp³-hybridized carbons (Fsp3) is 0.417. The molecular weight excluding hydrogens is 210 g/mol. The zero-order chi connectivity index (χ0) is 10.7. The minimum atomic E-state index is -0.386. The van der Waals surface area contributed by atoms with Gasteiger partial charge >= 0.3 is 0 Å². The van der Waals surface area contributed by atoms with Gasteiger partial charge in [0.1, 0.15) is 0 Å². The fourth-order valence-corrected chi connectivity index (χ4v) is 2.07. The molecule has 0 aromatic heterocycles. The molecule has 80 valence electrons. The summed E-state index contributed by atoms with van der Waals surface area (Å²) < 4.78 is 0. The number of halogens is 1. The van der Waals surface area contributed by atoms with Crippen molar-refractivity contribution in [2.24, 2.45) is 0 Å². The highest BCUT2D eigenvalue weighted by Crippen LogP contribution is 2.13. The van der Waals surface area contributed by atoms with E-state index in [4.69, 9.17) is 11.6 Å². The van der Waals surface area contributed by atoms with Crippen molar-refractivity contribution in [1.82, 2.24) is 4.90 Å². The van der Waals surface area contributed by atoms with Gasteiger partial charge in [-0.2, -0.15) is 0 Å². The summed E-state index contributed by atoms with van der Waals surface area (Å²) in [5.41, 5.74) is 1.82. The maximum absolute atomic E-state index is 10.9. The third-order valence-electron chi connectivity index (χ3n) is 2.79. The number of hydrogen-bond donors (Lipinski definition) is 0. The van der Waals surface area contributed by atoms with Gasteiger partial charge in [0.25, 0.3) is 5.24 Å². The van der Waals surface area contributed by atoms with Crippen LogP contribution in [0.5, 0.6) is 0 Å². The quantitative estimate of drug-likeness (QED) is 0.735. The molecule has 0 unspecified atom stereocenters. The maximum atomic E-state index is 10.9. The largest absolute Gasteiger partial charge is 0.299 e. The Morgan fingerprint density at radius 2 is 1.80 bits per heavy atom. The van der Waals surface area contributed by atoms with E-state index in [9.17, 15) is 4.79 Å². The highest BCUT2D eigenvalue weighted by molar-refractivity contribution is 6.67. The van der Waals surface area contributed by atoms with Crippen LogP contribution in [0.15, 0.2) is 24.3 Å². The number of carbonyl (C=O) groups is 1. The van der Waals surface area contributed by atoms with E-state index in [1.165, 1.54) is 31.5 Å². The van der Waals surface area contributed by atoms with E-state index in [0.29, 0.717) is 5.56 Å². The number of hydrogen-bond acceptors (Lipinski definition) is 2. The Kier molecular flexibility index (Phi) is 3.39. The van der Waals surface area contributed by atoms with E-state index >= 15 is 0 Å². The molecule has 3 heteroatoms. The second-order valence-corrected chi connectivity index (χ2v) is 4.30. The molecular formula is C12H14ClNO. The summed E-state index contributed by atoms with van der Waals surface area (Å²) in [5, 5.41) is -0.386. The lowest BCUT2D eigenvalue weighted by atomic mass is 10.1. The molecule has 0 bridgehead atoms. The van der Waals surface area contributed by atoms with Crippen molar-refractivity contribution in [3.8, 4) is 0 Å². The van der Waals surface area contributed by atoms with Crippen molar-refractivity contribution in [3.63, 3.8) is 0 Å². The number of benzene rings is 1. The van der Waals surface area contributed by atoms with Crippen LogP contribution >= 0.6 is 11.6 Å². The van der Waals surface area contributed by atoms with Gasteiger partial charge in [-0.1, -0.05) is 12.1 Å². The average Bonchev–Trinajstić information content (AvgIpc) is 2.71. The van der Waals surface area contributed by atoms with Crippen LogP contribution in [0.25, 0.3) is 0 Å². The molecule has 1 heterocycles. The van der Waals surface area contributed by atoms with Gasteiger partial charge in [0, 0.05) is 12.1 Å². The van der Waals surface area contributed by atoms with Crippen LogP contribution in [0.2, 0.25) is 0 Å². The van der Waals surface area contributed by atoms with Crippen LogP contribution < -0.4 is 0 Å². The van der Waals surface area contributed by atoms with Crippen LogP contribution in [-0.4, -0.2) is 23.2 Å². The van der Waals surface area contributed by atoms with Crippen molar-refractivity contribution in [2.75, 3.05) is 13.1 Å². The third kappa shape index (κ3) is 2.80. The lowest BCUT2D eigenvalue weighted by Gasteiger charge is -2.14. The number of rotatable bonds is 3. The van der Waals surface area contributed by atoms with Crippen molar-refractivity contribution >= 4 is 16.8 Å². The Morgan fingerprint density at radius 1 is 1.20 bits per heavy atom. The topological polar surface area (TPSA) is 20.3 Å². The molecule has 1 saturated heterocycles. The molecule has 1 aromatic carbocycles. The number of nitrogens with zero attached hydrogens (tertiary/aromatic N) is 1. The summed E-state index contributed by atoms with van der Waals surface area (Å²) in [6.45, 7) is 3.36.